The zero-order chi connectivity index (χ0) is 27.8. The van der Waals surface area contributed by atoms with Crippen molar-refractivity contribution in [3.05, 3.63) is 23.9 Å². The van der Waals surface area contributed by atoms with Crippen LogP contribution in [-0.4, -0.2) is 56.5 Å². The van der Waals surface area contributed by atoms with Gasteiger partial charge in [-0.25, -0.2) is 0 Å². The number of ether oxygens (including phenoxy) is 2. The molecule has 0 fully saturated rings. The number of fused-ring (bicyclic) bond motifs is 1. The van der Waals surface area contributed by atoms with Gasteiger partial charge in [0.05, 0.1) is 30.3 Å². The number of pyridine rings is 1. The highest BCUT2D eigenvalue weighted by Gasteiger charge is 2.19. The number of nitrogens with zero attached hydrogens (tertiary/aromatic N) is 1. The molecule has 0 saturated carbocycles. The normalized spacial score (nSPS) is 13.5. The molecule has 0 aliphatic rings. The van der Waals surface area contributed by atoms with Crippen molar-refractivity contribution in [2.45, 2.75) is 111 Å². The number of halogens is 1. The lowest BCUT2D eigenvalue weighted by Gasteiger charge is -2.21. The first kappa shape index (κ1) is 35.2. The van der Waals surface area contributed by atoms with Gasteiger partial charge in [0.2, 0.25) is 0 Å². The fraction of sp³-hybridized carbons (Fsp3) is 0.710. The molecule has 1 aromatic carbocycles. The van der Waals surface area contributed by atoms with Crippen LogP contribution in [0.25, 0.3) is 10.9 Å². The van der Waals surface area contributed by atoms with Gasteiger partial charge in [0.15, 0.2) is 11.5 Å². The summed E-state index contributed by atoms with van der Waals surface area (Å²) in [5, 5.41) is 12.1. The highest BCUT2D eigenvalue weighted by atomic mass is 35.5. The number of hydrogen-bond acceptors (Lipinski definition) is 7. The number of aromatic nitrogens is 1. The van der Waals surface area contributed by atoms with E-state index < -0.39 is 0 Å². The molecule has 1 aromatic heterocycles. The Bertz CT molecular complexity index is 929. The summed E-state index contributed by atoms with van der Waals surface area (Å²) >= 11 is 0. The number of rotatable bonds is 21. The maximum absolute atomic E-state index is 6.24. The van der Waals surface area contributed by atoms with Gasteiger partial charge in [0, 0.05) is 30.4 Å². The molecule has 39 heavy (non-hydrogen) atoms. The Balaban J connectivity index is 0.00000760. The molecule has 3 atom stereocenters. The van der Waals surface area contributed by atoms with E-state index in [1.807, 2.05) is 6.20 Å². The molecule has 2 rings (SSSR count). The SMILES string of the molecule is CCCCOc1c(OC)cc(NC(C)CCCNC(C)CCCNC(C)CCCN)c2nccc(CC)c12.Cl. The second-order valence-corrected chi connectivity index (χ2v) is 10.7. The first-order chi connectivity index (χ1) is 18.4. The summed E-state index contributed by atoms with van der Waals surface area (Å²) in [5.41, 5.74) is 8.80. The van der Waals surface area contributed by atoms with Crippen LogP contribution in [0.2, 0.25) is 0 Å². The van der Waals surface area contributed by atoms with Crippen LogP contribution in [0.4, 0.5) is 5.69 Å². The standard InChI is InChI=1S/C31H55N5O2.ClH/c1-7-9-21-38-31-28(37-6)22-27(30-29(31)26(8-2)16-20-35-30)36-25(5)15-12-19-34-24(4)14-11-18-33-23(3)13-10-17-32;/h16,20,22-25,33-34,36H,7-15,17-19,21,32H2,1-6H3;1H. The van der Waals surface area contributed by atoms with Gasteiger partial charge in [-0.05, 0) is 103 Å². The van der Waals surface area contributed by atoms with E-state index in [0.29, 0.717) is 24.7 Å². The molecular formula is C31H56ClN5O2. The van der Waals surface area contributed by atoms with Crippen molar-refractivity contribution in [2.24, 2.45) is 5.73 Å². The third kappa shape index (κ3) is 12.1. The average molecular weight is 566 g/mol. The third-order valence-electron chi connectivity index (χ3n) is 7.22. The molecule has 2 aromatic rings. The number of anilines is 1. The topological polar surface area (TPSA) is 93.5 Å². The van der Waals surface area contributed by atoms with Gasteiger partial charge in [-0.1, -0.05) is 20.3 Å². The lowest BCUT2D eigenvalue weighted by atomic mass is 10.0. The van der Waals surface area contributed by atoms with E-state index in [9.17, 15) is 0 Å². The van der Waals surface area contributed by atoms with Crippen molar-refractivity contribution in [3.63, 3.8) is 0 Å². The highest BCUT2D eigenvalue weighted by Crippen LogP contribution is 2.41. The van der Waals surface area contributed by atoms with Crippen LogP contribution in [0.3, 0.4) is 0 Å². The molecular weight excluding hydrogens is 510 g/mol. The maximum Gasteiger partial charge on any atom is 0.170 e. The van der Waals surface area contributed by atoms with Crippen LogP contribution in [0.5, 0.6) is 11.5 Å². The van der Waals surface area contributed by atoms with E-state index in [1.165, 1.54) is 18.4 Å². The second kappa shape index (κ2) is 20.1. The van der Waals surface area contributed by atoms with Gasteiger partial charge in [0.1, 0.15) is 0 Å². The molecule has 0 bridgehead atoms. The number of benzene rings is 1. The molecule has 0 aliphatic carbocycles. The van der Waals surface area contributed by atoms with Crippen LogP contribution < -0.4 is 31.2 Å². The minimum atomic E-state index is 0. The quantitative estimate of drug-likeness (QED) is 0.129. The number of nitrogens with one attached hydrogen (secondary N) is 3. The second-order valence-electron chi connectivity index (χ2n) is 10.7. The fourth-order valence-electron chi connectivity index (χ4n) is 4.84. The summed E-state index contributed by atoms with van der Waals surface area (Å²) < 4.78 is 12.0. The Labute approximate surface area is 244 Å². The van der Waals surface area contributed by atoms with Gasteiger partial charge in [-0.3, -0.25) is 4.98 Å². The highest BCUT2D eigenvalue weighted by molar-refractivity contribution is 5.99. The maximum atomic E-state index is 6.24. The Kier molecular flexibility index (Phi) is 18.2. The molecule has 7 nitrogen and oxygen atoms in total. The summed E-state index contributed by atoms with van der Waals surface area (Å²) in [7, 11) is 1.72. The van der Waals surface area contributed by atoms with Crippen molar-refractivity contribution in [2.75, 3.05) is 38.7 Å². The van der Waals surface area contributed by atoms with Gasteiger partial charge < -0.3 is 31.2 Å². The number of hydrogen-bond donors (Lipinski definition) is 4. The Hall–Kier alpha value is -1.80. The summed E-state index contributed by atoms with van der Waals surface area (Å²) in [5.74, 6) is 1.59. The molecule has 1 heterocycles. The van der Waals surface area contributed by atoms with Crippen LogP contribution in [0.1, 0.15) is 91.5 Å². The monoisotopic (exact) mass is 565 g/mol. The number of nitrogens with two attached hydrogens (primary N) is 1. The predicted octanol–water partition coefficient (Wildman–Crippen LogP) is 6.46. The molecule has 8 heteroatoms. The lowest BCUT2D eigenvalue weighted by molar-refractivity contribution is 0.292. The van der Waals surface area contributed by atoms with Crippen molar-refractivity contribution >= 4 is 29.0 Å². The third-order valence-corrected chi connectivity index (χ3v) is 7.22. The van der Waals surface area contributed by atoms with Crippen molar-refractivity contribution < 1.29 is 9.47 Å². The molecule has 224 valence electrons. The van der Waals surface area contributed by atoms with Crippen LogP contribution >= 0.6 is 12.4 Å². The van der Waals surface area contributed by atoms with Crippen molar-refractivity contribution in [1.29, 1.82) is 0 Å². The number of aryl methyl sites for hydroxylation is 1. The Morgan fingerprint density at radius 1 is 0.923 bits per heavy atom. The predicted molar refractivity (Wildman–Crippen MR) is 170 cm³/mol. The molecule has 0 aliphatic heterocycles. The molecule has 3 unspecified atom stereocenters. The van der Waals surface area contributed by atoms with Gasteiger partial charge >= 0.3 is 0 Å². The molecule has 0 spiro atoms. The van der Waals surface area contributed by atoms with E-state index in [0.717, 1.165) is 92.7 Å². The summed E-state index contributed by atoms with van der Waals surface area (Å²) in [6.45, 7) is 14.7. The average Bonchev–Trinajstić information content (AvgIpc) is 2.92. The minimum Gasteiger partial charge on any atom is -0.493 e. The Morgan fingerprint density at radius 2 is 1.56 bits per heavy atom. The van der Waals surface area contributed by atoms with Crippen LogP contribution in [0.15, 0.2) is 18.3 Å². The zero-order valence-corrected chi connectivity index (χ0v) is 26.2. The molecule has 0 saturated heterocycles. The smallest absolute Gasteiger partial charge is 0.170 e. The first-order valence-electron chi connectivity index (χ1n) is 15.0. The molecule has 0 amide bonds. The first-order valence-corrected chi connectivity index (χ1v) is 15.0. The molecule has 0 radical (unpaired) electrons. The van der Waals surface area contributed by atoms with E-state index in [2.05, 4.69) is 62.7 Å². The van der Waals surface area contributed by atoms with Crippen LogP contribution in [0, 0.1) is 0 Å². The van der Waals surface area contributed by atoms with Crippen molar-refractivity contribution in [1.82, 2.24) is 15.6 Å². The van der Waals surface area contributed by atoms with Crippen molar-refractivity contribution in [3.8, 4) is 11.5 Å². The minimum absolute atomic E-state index is 0. The lowest BCUT2D eigenvalue weighted by Crippen LogP contribution is -2.31. The largest absolute Gasteiger partial charge is 0.493 e. The summed E-state index contributed by atoms with van der Waals surface area (Å²) in [6, 6.07) is 5.55. The van der Waals surface area contributed by atoms with E-state index in [-0.39, 0.29) is 12.4 Å². The molecule has 5 N–H and O–H groups in total. The van der Waals surface area contributed by atoms with Gasteiger partial charge in [-0.15, -0.1) is 12.4 Å². The fourth-order valence-corrected chi connectivity index (χ4v) is 4.84. The summed E-state index contributed by atoms with van der Waals surface area (Å²) in [6.07, 6.45) is 11.8. The Morgan fingerprint density at radius 3 is 2.15 bits per heavy atom. The van der Waals surface area contributed by atoms with E-state index in [1.54, 1.807) is 7.11 Å². The number of unbranched alkanes of at least 4 members (excludes halogenated alkanes) is 1. The summed E-state index contributed by atoms with van der Waals surface area (Å²) in [4.78, 5) is 4.77. The zero-order valence-electron chi connectivity index (χ0n) is 25.4. The number of methoxy groups -OCH3 is 1. The van der Waals surface area contributed by atoms with E-state index in [4.69, 9.17) is 20.2 Å². The van der Waals surface area contributed by atoms with E-state index >= 15 is 0 Å². The van der Waals surface area contributed by atoms with Gasteiger partial charge in [-0.2, -0.15) is 0 Å². The van der Waals surface area contributed by atoms with Crippen LogP contribution in [-0.2, 0) is 6.42 Å². The van der Waals surface area contributed by atoms with Gasteiger partial charge in [0.25, 0.3) is 0 Å².